The highest BCUT2D eigenvalue weighted by atomic mass is 14.7. The second-order valence-corrected chi connectivity index (χ2v) is 4.66. The van der Waals surface area contributed by atoms with Gasteiger partial charge < -0.3 is 5.73 Å². The molecule has 0 saturated heterocycles. The monoisotopic (exact) mass is 224 g/mol. The number of benzene rings is 1. The van der Waals surface area contributed by atoms with Crippen molar-refractivity contribution in [3.05, 3.63) is 65.5 Å². The molecule has 1 aromatic carbocycles. The number of rotatable bonds is 2. The number of nitrogens with two attached hydrogens (primary N) is 1. The standard InChI is InChI=1S/C15H16N2/c16-15(12-5-3-9-17-10-12)14-8-7-11-4-1-2-6-13(11)14/h1-6,9-10,14-15H,7-8,16H2. The van der Waals surface area contributed by atoms with Crippen LogP contribution < -0.4 is 5.73 Å². The average Bonchev–Trinajstić information content (AvgIpc) is 2.83. The Morgan fingerprint density at radius 1 is 1.18 bits per heavy atom. The summed E-state index contributed by atoms with van der Waals surface area (Å²) in [4.78, 5) is 4.15. The molecule has 2 aromatic rings. The molecule has 0 fully saturated rings. The number of fused-ring (bicyclic) bond motifs is 1. The zero-order chi connectivity index (χ0) is 11.7. The Morgan fingerprint density at radius 2 is 2.06 bits per heavy atom. The Kier molecular flexibility index (Phi) is 2.65. The van der Waals surface area contributed by atoms with E-state index in [1.165, 1.54) is 11.1 Å². The van der Waals surface area contributed by atoms with Crippen molar-refractivity contribution in [2.45, 2.75) is 24.8 Å². The van der Waals surface area contributed by atoms with Crippen molar-refractivity contribution in [1.29, 1.82) is 0 Å². The van der Waals surface area contributed by atoms with Gasteiger partial charge >= 0.3 is 0 Å². The molecule has 2 unspecified atom stereocenters. The third kappa shape index (κ3) is 1.85. The van der Waals surface area contributed by atoms with E-state index in [4.69, 9.17) is 5.73 Å². The van der Waals surface area contributed by atoms with Gasteiger partial charge in [-0.25, -0.2) is 0 Å². The van der Waals surface area contributed by atoms with Crippen molar-refractivity contribution in [2.75, 3.05) is 0 Å². The lowest BCUT2D eigenvalue weighted by molar-refractivity contribution is 0.549. The number of aryl methyl sites for hydroxylation is 1. The summed E-state index contributed by atoms with van der Waals surface area (Å²) in [6.07, 6.45) is 5.97. The lowest BCUT2D eigenvalue weighted by atomic mass is 9.90. The fourth-order valence-electron chi connectivity index (χ4n) is 2.77. The predicted octanol–water partition coefficient (Wildman–Crippen LogP) is 2.81. The molecule has 0 saturated carbocycles. The van der Waals surface area contributed by atoms with Crippen LogP contribution in [-0.2, 0) is 6.42 Å². The molecule has 1 aliphatic rings. The van der Waals surface area contributed by atoms with Crippen LogP contribution >= 0.6 is 0 Å². The van der Waals surface area contributed by atoms with Crippen LogP contribution in [0, 0.1) is 0 Å². The van der Waals surface area contributed by atoms with Gasteiger partial charge in [-0.05, 0) is 35.6 Å². The molecule has 1 heterocycles. The first kappa shape index (κ1) is 10.5. The SMILES string of the molecule is NC(c1cccnc1)C1CCc2ccccc21. The maximum Gasteiger partial charge on any atom is 0.0380 e. The molecule has 86 valence electrons. The van der Waals surface area contributed by atoms with E-state index in [1.54, 1.807) is 6.20 Å². The Morgan fingerprint density at radius 3 is 2.88 bits per heavy atom. The first-order chi connectivity index (χ1) is 8.36. The van der Waals surface area contributed by atoms with Gasteiger partial charge in [-0.3, -0.25) is 4.98 Å². The van der Waals surface area contributed by atoms with Crippen LogP contribution in [0.5, 0.6) is 0 Å². The van der Waals surface area contributed by atoms with Crippen molar-refractivity contribution < 1.29 is 0 Å². The summed E-state index contributed by atoms with van der Waals surface area (Å²) in [6, 6.07) is 12.7. The molecule has 0 spiro atoms. The van der Waals surface area contributed by atoms with E-state index in [9.17, 15) is 0 Å². The summed E-state index contributed by atoms with van der Waals surface area (Å²) in [5, 5.41) is 0. The first-order valence-corrected chi connectivity index (χ1v) is 6.09. The van der Waals surface area contributed by atoms with Crippen molar-refractivity contribution in [1.82, 2.24) is 4.98 Å². The Labute approximate surface area is 102 Å². The van der Waals surface area contributed by atoms with Gasteiger partial charge in [0.25, 0.3) is 0 Å². The van der Waals surface area contributed by atoms with Crippen molar-refractivity contribution >= 4 is 0 Å². The quantitative estimate of drug-likeness (QED) is 0.852. The van der Waals surface area contributed by atoms with Gasteiger partial charge in [0, 0.05) is 24.4 Å². The first-order valence-electron chi connectivity index (χ1n) is 6.09. The summed E-state index contributed by atoms with van der Waals surface area (Å²) in [6.45, 7) is 0. The summed E-state index contributed by atoms with van der Waals surface area (Å²) in [5.74, 6) is 0.440. The highest BCUT2D eigenvalue weighted by Gasteiger charge is 2.28. The second-order valence-electron chi connectivity index (χ2n) is 4.66. The van der Waals surface area contributed by atoms with Crippen LogP contribution in [0.15, 0.2) is 48.8 Å². The highest BCUT2D eigenvalue weighted by Crippen LogP contribution is 2.39. The van der Waals surface area contributed by atoms with Gasteiger partial charge in [0.1, 0.15) is 0 Å². The number of hydrogen-bond donors (Lipinski definition) is 1. The van der Waals surface area contributed by atoms with Gasteiger partial charge in [-0.2, -0.15) is 0 Å². The van der Waals surface area contributed by atoms with E-state index in [0.717, 1.165) is 18.4 Å². The Hall–Kier alpha value is -1.67. The summed E-state index contributed by atoms with van der Waals surface area (Å²) in [5.41, 5.74) is 10.4. The number of aromatic nitrogens is 1. The van der Waals surface area contributed by atoms with E-state index in [0.29, 0.717) is 5.92 Å². The fraction of sp³-hybridized carbons (Fsp3) is 0.267. The molecule has 2 heteroatoms. The third-order valence-corrected chi connectivity index (χ3v) is 3.68. The van der Waals surface area contributed by atoms with Crippen molar-refractivity contribution in [3.63, 3.8) is 0 Å². The molecule has 2 nitrogen and oxygen atoms in total. The maximum atomic E-state index is 6.38. The van der Waals surface area contributed by atoms with E-state index < -0.39 is 0 Å². The van der Waals surface area contributed by atoms with Crippen LogP contribution in [-0.4, -0.2) is 4.98 Å². The molecule has 2 N–H and O–H groups in total. The molecule has 0 amide bonds. The van der Waals surface area contributed by atoms with E-state index in [2.05, 4.69) is 35.3 Å². The molecular weight excluding hydrogens is 208 g/mol. The maximum absolute atomic E-state index is 6.38. The summed E-state index contributed by atoms with van der Waals surface area (Å²) >= 11 is 0. The van der Waals surface area contributed by atoms with Crippen LogP contribution in [0.1, 0.15) is 35.1 Å². The zero-order valence-electron chi connectivity index (χ0n) is 9.71. The number of pyridine rings is 1. The molecule has 2 atom stereocenters. The third-order valence-electron chi connectivity index (χ3n) is 3.68. The molecule has 0 aliphatic heterocycles. The summed E-state index contributed by atoms with van der Waals surface area (Å²) < 4.78 is 0. The van der Waals surface area contributed by atoms with Crippen LogP contribution in [0.3, 0.4) is 0 Å². The second kappa shape index (κ2) is 4.30. The minimum atomic E-state index is 0.0624. The molecule has 3 rings (SSSR count). The van der Waals surface area contributed by atoms with Gasteiger partial charge in [-0.15, -0.1) is 0 Å². The zero-order valence-corrected chi connectivity index (χ0v) is 9.71. The van der Waals surface area contributed by atoms with Gasteiger partial charge in [0.2, 0.25) is 0 Å². The largest absolute Gasteiger partial charge is 0.323 e. The fourth-order valence-corrected chi connectivity index (χ4v) is 2.77. The smallest absolute Gasteiger partial charge is 0.0380 e. The van der Waals surface area contributed by atoms with E-state index in [1.807, 2.05) is 12.3 Å². The average molecular weight is 224 g/mol. The van der Waals surface area contributed by atoms with Crippen LogP contribution in [0.25, 0.3) is 0 Å². The molecule has 0 bridgehead atoms. The van der Waals surface area contributed by atoms with E-state index >= 15 is 0 Å². The van der Waals surface area contributed by atoms with Gasteiger partial charge in [0.15, 0.2) is 0 Å². The molecular formula is C15H16N2. The molecule has 17 heavy (non-hydrogen) atoms. The van der Waals surface area contributed by atoms with E-state index in [-0.39, 0.29) is 6.04 Å². The normalized spacial score (nSPS) is 19.9. The summed E-state index contributed by atoms with van der Waals surface area (Å²) in [7, 11) is 0. The van der Waals surface area contributed by atoms with Crippen LogP contribution in [0.4, 0.5) is 0 Å². The molecule has 1 aliphatic carbocycles. The number of hydrogen-bond acceptors (Lipinski definition) is 2. The predicted molar refractivity (Wildman–Crippen MR) is 68.7 cm³/mol. The lowest BCUT2D eigenvalue weighted by Crippen LogP contribution is -2.18. The molecule has 1 aromatic heterocycles. The van der Waals surface area contributed by atoms with Crippen LogP contribution in [0.2, 0.25) is 0 Å². The Bertz CT molecular complexity index is 507. The molecule has 0 radical (unpaired) electrons. The number of nitrogens with zero attached hydrogens (tertiary/aromatic N) is 1. The highest BCUT2D eigenvalue weighted by molar-refractivity contribution is 5.37. The minimum Gasteiger partial charge on any atom is -0.323 e. The minimum absolute atomic E-state index is 0.0624. The van der Waals surface area contributed by atoms with Crippen molar-refractivity contribution in [2.24, 2.45) is 5.73 Å². The van der Waals surface area contributed by atoms with Crippen molar-refractivity contribution in [3.8, 4) is 0 Å². The Balaban J connectivity index is 1.92. The lowest BCUT2D eigenvalue weighted by Gasteiger charge is -2.20. The topological polar surface area (TPSA) is 38.9 Å². The van der Waals surface area contributed by atoms with Gasteiger partial charge in [-0.1, -0.05) is 30.3 Å². The van der Waals surface area contributed by atoms with Gasteiger partial charge in [0.05, 0.1) is 0 Å².